The van der Waals surface area contributed by atoms with E-state index in [4.69, 9.17) is 9.47 Å². The first-order chi connectivity index (χ1) is 12.8. The number of amides is 1. The molecule has 2 fully saturated rings. The number of ether oxygens (including phenoxy) is 2. The van der Waals surface area contributed by atoms with Crippen LogP contribution in [-0.2, 0) is 30.7 Å². The molecule has 8 heteroatoms. The van der Waals surface area contributed by atoms with E-state index < -0.39 is 9.84 Å². The third-order valence-corrected chi connectivity index (χ3v) is 6.38. The topological polar surface area (TPSA) is 76.2 Å². The second kappa shape index (κ2) is 8.26. The van der Waals surface area contributed by atoms with Crippen LogP contribution in [0.15, 0.2) is 29.2 Å². The standard InChI is InChI=1S/C19H28N2O5S/c1-25-9-8-21-14-19(11-18(21)22)13-20(7-10-26-15-19)12-16-3-5-17(6-4-16)27(2,23)24/h3-6H,7-15H2,1-2H3/t19-/m1/s1. The molecule has 1 aromatic carbocycles. The summed E-state index contributed by atoms with van der Waals surface area (Å²) in [7, 11) is -1.54. The third-order valence-electron chi connectivity index (χ3n) is 5.25. The van der Waals surface area contributed by atoms with Gasteiger partial charge in [0.05, 0.1) is 24.7 Å². The first-order valence-corrected chi connectivity index (χ1v) is 11.1. The summed E-state index contributed by atoms with van der Waals surface area (Å²) in [4.78, 5) is 16.9. The molecule has 0 aromatic heterocycles. The van der Waals surface area contributed by atoms with Gasteiger partial charge in [-0.25, -0.2) is 8.42 Å². The molecular formula is C19H28N2O5S. The van der Waals surface area contributed by atoms with Gasteiger partial charge in [0.2, 0.25) is 5.91 Å². The molecule has 0 aliphatic carbocycles. The minimum absolute atomic E-state index is 0.162. The maximum atomic E-state index is 12.4. The van der Waals surface area contributed by atoms with Crippen LogP contribution in [0.25, 0.3) is 0 Å². The molecule has 2 aliphatic heterocycles. The fourth-order valence-corrected chi connectivity index (χ4v) is 4.54. The molecule has 150 valence electrons. The van der Waals surface area contributed by atoms with Crippen LogP contribution in [-0.4, -0.2) is 83.5 Å². The van der Waals surface area contributed by atoms with Gasteiger partial charge in [-0.05, 0) is 17.7 Å². The zero-order valence-electron chi connectivity index (χ0n) is 16.0. The summed E-state index contributed by atoms with van der Waals surface area (Å²) in [5.74, 6) is 0.162. The van der Waals surface area contributed by atoms with Crippen LogP contribution in [0.4, 0.5) is 0 Å². The molecule has 2 heterocycles. The lowest BCUT2D eigenvalue weighted by molar-refractivity contribution is -0.128. The van der Waals surface area contributed by atoms with Crippen molar-refractivity contribution in [3.05, 3.63) is 29.8 Å². The summed E-state index contributed by atoms with van der Waals surface area (Å²) in [6, 6.07) is 7.03. The molecule has 2 aliphatic rings. The number of hydrogen-bond acceptors (Lipinski definition) is 6. The minimum Gasteiger partial charge on any atom is -0.383 e. The molecule has 1 atom stereocenters. The first kappa shape index (κ1) is 20.3. The van der Waals surface area contributed by atoms with Crippen molar-refractivity contribution in [1.29, 1.82) is 0 Å². The van der Waals surface area contributed by atoms with Crippen molar-refractivity contribution in [3.8, 4) is 0 Å². The van der Waals surface area contributed by atoms with Gasteiger partial charge in [-0.1, -0.05) is 12.1 Å². The minimum atomic E-state index is -3.18. The van der Waals surface area contributed by atoms with Gasteiger partial charge in [-0.2, -0.15) is 0 Å². The first-order valence-electron chi connectivity index (χ1n) is 9.17. The molecule has 2 saturated heterocycles. The maximum absolute atomic E-state index is 12.4. The van der Waals surface area contributed by atoms with Gasteiger partial charge in [0.15, 0.2) is 9.84 Å². The van der Waals surface area contributed by atoms with Crippen molar-refractivity contribution in [2.75, 3.05) is 59.4 Å². The van der Waals surface area contributed by atoms with Crippen molar-refractivity contribution >= 4 is 15.7 Å². The van der Waals surface area contributed by atoms with Crippen molar-refractivity contribution in [2.45, 2.75) is 17.9 Å². The Labute approximate surface area is 161 Å². The number of carbonyl (C=O) groups excluding carboxylic acids is 1. The number of methoxy groups -OCH3 is 1. The highest BCUT2D eigenvalue weighted by Crippen LogP contribution is 2.34. The molecule has 7 nitrogen and oxygen atoms in total. The van der Waals surface area contributed by atoms with E-state index in [0.717, 1.165) is 18.7 Å². The highest BCUT2D eigenvalue weighted by molar-refractivity contribution is 7.90. The average Bonchev–Trinajstić information content (AvgIpc) is 2.78. The number of hydrogen-bond donors (Lipinski definition) is 0. The largest absolute Gasteiger partial charge is 0.383 e. The van der Waals surface area contributed by atoms with Crippen molar-refractivity contribution in [2.24, 2.45) is 5.41 Å². The molecule has 1 amide bonds. The average molecular weight is 397 g/mol. The van der Waals surface area contributed by atoms with Gasteiger partial charge in [-0.15, -0.1) is 0 Å². The SMILES string of the molecule is COCCN1C[C@@]2(COCCN(Cc3ccc(S(C)(=O)=O)cc3)C2)CC1=O. The summed E-state index contributed by atoms with van der Waals surface area (Å²) in [6.07, 6.45) is 1.71. The molecule has 0 unspecified atom stereocenters. The molecular weight excluding hydrogens is 368 g/mol. The molecule has 3 rings (SSSR count). The van der Waals surface area contributed by atoms with Crippen LogP contribution in [0.1, 0.15) is 12.0 Å². The maximum Gasteiger partial charge on any atom is 0.223 e. The summed E-state index contributed by atoms with van der Waals surface area (Å²) >= 11 is 0. The van der Waals surface area contributed by atoms with E-state index in [9.17, 15) is 13.2 Å². The lowest BCUT2D eigenvalue weighted by Crippen LogP contribution is -2.40. The molecule has 0 bridgehead atoms. The number of benzene rings is 1. The molecule has 1 spiro atoms. The van der Waals surface area contributed by atoms with Crippen molar-refractivity contribution < 1.29 is 22.7 Å². The quantitative estimate of drug-likeness (QED) is 0.708. The van der Waals surface area contributed by atoms with E-state index in [2.05, 4.69) is 4.90 Å². The molecule has 27 heavy (non-hydrogen) atoms. The number of likely N-dealkylation sites (tertiary alicyclic amines) is 1. The van der Waals surface area contributed by atoms with Gasteiger partial charge in [-0.3, -0.25) is 9.69 Å². The van der Waals surface area contributed by atoms with E-state index in [-0.39, 0.29) is 11.3 Å². The van der Waals surface area contributed by atoms with E-state index in [1.165, 1.54) is 6.26 Å². The lowest BCUT2D eigenvalue weighted by atomic mass is 9.87. The second-order valence-electron chi connectivity index (χ2n) is 7.66. The van der Waals surface area contributed by atoms with Gasteiger partial charge in [0.1, 0.15) is 0 Å². The monoisotopic (exact) mass is 396 g/mol. The Kier molecular flexibility index (Phi) is 6.20. The van der Waals surface area contributed by atoms with E-state index >= 15 is 0 Å². The van der Waals surface area contributed by atoms with Crippen LogP contribution in [0.5, 0.6) is 0 Å². The van der Waals surface area contributed by atoms with Crippen molar-refractivity contribution in [1.82, 2.24) is 9.80 Å². The molecule has 0 N–H and O–H groups in total. The normalized spacial score (nSPS) is 24.5. The Bertz CT molecular complexity index is 765. The van der Waals surface area contributed by atoms with Crippen LogP contribution in [0.2, 0.25) is 0 Å². The van der Waals surface area contributed by atoms with Crippen LogP contribution in [0.3, 0.4) is 0 Å². The van der Waals surface area contributed by atoms with Crippen LogP contribution < -0.4 is 0 Å². The third kappa shape index (κ3) is 5.07. The van der Waals surface area contributed by atoms with Gasteiger partial charge in [0.25, 0.3) is 0 Å². The fraction of sp³-hybridized carbons (Fsp3) is 0.632. The number of carbonyl (C=O) groups is 1. The second-order valence-corrected chi connectivity index (χ2v) is 9.68. The molecule has 0 radical (unpaired) electrons. The van der Waals surface area contributed by atoms with Gasteiger partial charge in [0, 0.05) is 57.9 Å². The highest BCUT2D eigenvalue weighted by atomic mass is 32.2. The predicted octanol–water partition coefficient (Wildman–Crippen LogP) is 0.787. The predicted molar refractivity (Wildman–Crippen MR) is 101 cm³/mol. The van der Waals surface area contributed by atoms with Crippen molar-refractivity contribution in [3.63, 3.8) is 0 Å². The Hall–Kier alpha value is -1.48. The van der Waals surface area contributed by atoms with Gasteiger partial charge < -0.3 is 14.4 Å². The Balaban J connectivity index is 1.67. The van der Waals surface area contributed by atoms with Gasteiger partial charge >= 0.3 is 0 Å². The van der Waals surface area contributed by atoms with E-state index in [1.54, 1.807) is 19.2 Å². The highest BCUT2D eigenvalue weighted by Gasteiger charge is 2.45. The van der Waals surface area contributed by atoms with E-state index in [1.807, 2.05) is 17.0 Å². The fourth-order valence-electron chi connectivity index (χ4n) is 3.91. The molecule has 0 saturated carbocycles. The Morgan fingerprint density at radius 3 is 2.63 bits per heavy atom. The van der Waals surface area contributed by atoms with Crippen LogP contribution >= 0.6 is 0 Å². The number of rotatable bonds is 6. The summed E-state index contributed by atoms with van der Waals surface area (Å²) in [5.41, 5.74) is 0.869. The molecule has 1 aromatic rings. The summed E-state index contributed by atoms with van der Waals surface area (Å²) < 4.78 is 34.2. The number of sulfone groups is 1. The Morgan fingerprint density at radius 1 is 1.22 bits per heavy atom. The zero-order valence-corrected chi connectivity index (χ0v) is 16.8. The van der Waals surface area contributed by atoms with Crippen LogP contribution in [0, 0.1) is 5.41 Å². The van der Waals surface area contributed by atoms with E-state index in [0.29, 0.717) is 50.8 Å². The Morgan fingerprint density at radius 2 is 1.96 bits per heavy atom. The summed E-state index contributed by atoms with van der Waals surface area (Å²) in [6.45, 7) is 5.36. The summed E-state index contributed by atoms with van der Waals surface area (Å²) in [5, 5.41) is 0. The number of nitrogens with zero attached hydrogens (tertiary/aromatic N) is 2. The lowest BCUT2D eigenvalue weighted by Gasteiger charge is -2.31. The smallest absolute Gasteiger partial charge is 0.223 e. The zero-order chi connectivity index (χ0) is 19.5.